The molecule has 1 aliphatic rings. The molecule has 1 atom stereocenters. The highest BCUT2D eigenvalue weighted by Crippen LogP contribution is 2.18. The Morgan fingerprint density at radius 1 is 1.11 bits per heavy atom. The second-order valence-electron chi connectivity index (χ2n) is 7.63. The van der Waals surface area contributed by atoms with Gasteiger partial charge in [-0.25, -0.2) is 0 Å². The highest BCUT2D eigenvalue weighted by atomic mass is 16.1. The SMILES string of the molecule is CC(=O)Nc1ccc(CN(C)C2CCCN(CCc3ccccc3)C2)cc1. The number of hydrogen-bond acceptors (Lipinski definition) is 3. The number of likely N-dealkylation sites (tertiary alicyclic amines) is 1. The number of piperidine rings is 1. The van der Waals surface area contributed by atoms with Gasteiger partial charge < -0.3 is 10.2 Å². The Hall–Kier alpha value is -2.17. The predicted octanol–water partition coefficient (Wildman–Crippen LogP) is 3.78. The zero-order chi connectivity index (χ0) is 19.1. The van der Waals surface area contributed by atoms with E-state index in [1.165, 1.54) is 37.4 Å². The lowest BCUT2D eigenvalue weighted by Gasteiger charge is -2.37. The molecule has 2 aromatic rings. The van der Waals surface area contributed by atoms with Crippen molar-refractivity contribution in [1.82, 2.24) is 9.80 Å². The average molecular weight is 366 g/mol. The van der Waals surface area contributed by atoms with Crippen molar-refractivity contribution in [1.29, 1.82) is 0 Å². The number of benzene rings is 2. The molecule has 1 N–H and O–H groups in total. The summed E-state index contributed by atoms with van der Waals surface area (Å²) in [5.41, 5.74) is 3.57. The number of carbonyl (C=O) groups is 1. The fraction of sp³-hybridized carbons (Fsp3) is 0.435. The van der Waals surface area contributed by atoms with Crippen LogP contribution in [0.25, 0.3) is 0 Å². The Kier molecular flexibility index (Phi) is 7.02. The standard InChI is InChI=1S/C23H31N3O/c1-19(27)24-22-12-10-21(11-13-22)17-25(2)23-9-6-15-26(18-23)16-14-20-7-4-3-5-8-20/h3-5,7-8,10-13,23H,6,9,14-18H2,1-2H3,(H,24,27). The fourth-order valence-electron chi connectivity index (χ4n) is 3.84. The number of amides is 1. The first-order valence-corrected chi connectivity index (χ1v) is 9.93. The minimum absolute atomic E-state index is 0.0299. The van der Waals surface area contributed by atoms with Crippen molar-refractivity contribution in [2.45, 2.75) is 38.8 Å². The average Bonchev–Trinajstić information content (AvgIpc) is 2.68. The van der Waals surface area contributed by atoms with Crippen molar-refractivity contribution in [2.75, 3.05) is 32.0 Å². The Labute approximate surface area is 163 Å². The van der Waals surface area contributed by atoms with E-state index in [1.807, 2.05) is 12.1 Å². The quantitative estimate of drug-likeness (QED) is 0.811. The predicted molar refractivity (Wildman–Crippen MR) is 112 cm³/mol. The zero-order valence-corrected chi connectivity index (χ0v) is 16.5. The molecule has 0 spiro atoms. The Morgan fingerprint density at radius 3 is 2.56 bits per heavy atom. The first-order valence-electron chi connectivity index (χ1n) is 9.93. The van der Waals surface area contributed by atoms with Crippen LogP contribution in [0.15, 0.2) is 54.6 Å². The lowest BCUT2D eigenvalue weighted by atomic mass is 10.0. The molecule has 144 valence electrons. The topological polar surface area (TPSA) is 35.6 Å². The summed E-state index contributed by atoms with van der Waals surface area (Å²) in [6.45, 7) is 5.97. The third-order valence-electron chi connectivity index (χ3n) is 5.37. The van der Waals surface area contributed by atoms with Gasteiger partial charge >= 0.3 is 0 Å². The minimum atomic E-state index is -0.0299. The van der Waals surface area contributed by atoms with E-state index in [9.17, 15) is 4.79 Å². The molecule has 1 aliphatic heterocycles. The van der Waals surface area contributed by atoms with Gasteiger partial charge in [-0.15, -0.1) is 0 Å². The van der Waals surface area contributed by atoms with E-state index >= 15 is 0 Å². The van der Waals surface area contributed by atoms with E-state index in [2.05, 4.69) is 64.6 Å². The van der Waals surface area contributed by atoms with Gasteiger partial charge in [0, 0.05) is 38.3 Å². The van der Waals surface area contributed by atoms with Crippen molar-refractivity contribution < 1.29 is 4.79 Å². The number of nitrogens with zero attached hydrogens (tertiary/aromatic N) is 2. The summed E-state index contributed by atoms with van der Waals surface area (Å²) in [6.07, 6.45) is 3.66. The van der Waals surface area contributed by atoms with Crippen LogP contribution in [0.1, 0.15) is 30.9 Å². The van der Waals surface area contributed by atoms with E-state index in [0.717, 1.165) is 31.7 Å². The molecule has 2 aromatic carbocycles. The molecule has 0 radical (unpaired) electrons. The molecule has 0 bridgehead atoms. The van der Waals surface area contributed by atoms with Crippen LogP contribution < -0.4 is 5.32 Å². The molecule has 3 rings (SSSR count). The molecule has 0 aromatic heterocycles. The van der Waals surface area contributed by atoms with Gasteiger partial charge in [0.2, 0.25) is 5.91 Å². The molecular formula is C23H31N3O. The molecule has 1 unspecified atom stereocenters. The van der Waals surface area contributed by atoms with E-state index in [1.54, 1.807) is 0 Å². The van der Waals surface area contributed by atoms with Gasteiger partial charge in [-0.2, -0.15) is 0 Å². The molecule has 1 amide bonds. The molecule has 1 saturated heterocycles. The van der Waals surface area contributed by atoms with Crippen LogP contribution in [-0.4, -0.2) is 48.4 Å². The lowest BCUT2D eigenvalue weighted by molar-refractivity contribution is -0.114. The molecule has 1 heterocycles. The highest BCUT2D eigenvalue weighted by molar-refractivity contribution is 5.88. The van der Waals surface area contributed by atoms with Crippen molar-refractivity contribution in [3.05, 3.63) is 65.7 Å². The summed E-state index contributed by atoms with van der Waals surface area (Å²) in [5, 5.41) is 2.82. The molecule has 0 saturated carbocycles. The van der Waals surface area contributed by atoms with Crippen LogP contribution in [0.3, 0.4) is 0 Å². The first-order chi connectivity index (χ1) is 13.1. The number of rotatable bonds is 7. The molecule has 0 aliphatic carbocycles. The maximum Gasteiger partial charge on any atom is 0.221 e. The van der Waals surface area contributed by atoms with Crippen molar-refractivity contribution in [3.63, 3.8) is 0 Å². The number of anilines is 1. The maximum atomic E-state index is 11.1. The summed E-state index contributed by atoms with van der Waals surface area (Å²) in [7, 11) is 2.23. The summed E-state index contributed by atoms with van der Waals surface area (Å²) in [4.78, 5) is 16.2. The van der Waals surface area contributed by atoms with Gasteiger partial charge in [-0.1, -0.05) is 42.5 Å². The normalized spacial score (nSPS) is 17.8. The van der Waals surface area contributed by atoms with Crippen LogP contribution >= 0.6 is 0 Å². The Bertz CT molecular complexity index is 714. The lowest BCUT2D eigenvalue weighted by Crippen LogP contribution is -2.46. The molecule has 4 nitrogen and oxygen atoms in total. The van der Waals surface area contributed by atoms with Crippen LogP contribution in [0.2, 0.25) is 0 Å². The smallest absolute Gasteiger partial charge is 0.221 e. The Balaban J connectivity index is 1.49. The molecule has 4 heteroatoms. The summed E-state index contributed by atoms with van der Waals surface area (Å²) < 4.78 is 0. The third-order valence-corrected chi connectivity index (χ3v) is 5.37. The number of likely N-dealkylation sites (N-methyl/N-ethyl adjacent to an activating group) is 1. The molecule has 27 heavy (non-hydrogen) atoms. The summed E-state index contributed by atoms with van der Waals surface area (Å²) in [6, 6.07) is 19.6. The van der Waals surface area contributed by atoms with Gasteiger partial charge in [0.15, 0.2) is 0 Å². The molecule has 1 fully saturated rings. The summed E-state index contributed by atoms with van der Waals surface area (Å²) >= 11 is 0. The highest BCUT2D eigenvalue weighted by Gasteiger charge is 2.23. The van der Waals surface area contributed by atoms with E-state index in [4.69, 9.17) is 0 Å². The van der Waals surface area contributed by atoms with Gasteiger partial charge in [-0.05, 0) is 56.1 Å². The van der Waals surface area contributed by atoms with Crippen molar-refractivity contribution >= 4 is 11.6 Å². The van der Waals surface area contributed by atoms with Crippen LogP contribution in [0, 0.1) is 0 Å². The monoisotopic (exact) mass is 365 g/mol. The second-order valence-corrected chi connectivity index (χ2v) is 7.63. The van der Waals surface area contributed by atoms with Crippen molar-refractivity contribution in [2.24, 2.45) is 0 Å². The largest absolute Gasteiger partial charge is 0.326 e. The second kappa shape index (κ2) is 9.67. The van der Waals surface area contributed by atoms with E-state index < -0.39 is 0 Å². The van der Waals surface area contributed by atoms with Gasteiger partial charge in [-0.3, -0.25) is 9.69 Å². The Morgan fingerprint density at radius 2 is 1.85 bits per heavy atom. The first kappa shape index (κ1) is 19.6. The zero-order valence-electron chi connectivity index (χ0n) is 16.5. The fourth-order valence-corrected chi connectivity index (χ4v) is 3.84. The van der Waals surface area contributed by atoms with Crippen molar-refractivity contribution in [3.8, 4) is 0 Å². The number of hydrogen-bond donors (Lipinski definition) is 1. The van der Waals surface area contributed by atoms with E-state index in [-0.39, 0.29) is 5.91 Å². The summed E-state index contributed by atoms with van der Waals surface area (Å²) in [5.74, 6) is -0.0299. The van der Waals surface area contributed by atoms with Crippen LogP contribution in [-0.2, 0) is 17.8 Å². The van der Waals surface area contributed by atoms with Gasteiger partial charge in [0.25, 0.3) is 0 Å². The van der Waals surface area contributed by atoms with Gasteiger partial charge in [0.1, 0.15) is 0 Å². The van der Waals surface area contributed by atoms with Crippen LogP contribution in [0.5, 0.6) is 0 Å². The maximum absolute atomic E-state index is 11.1. The van der Waals surface area contributed by atoms with E-state index in [0.29, 0.717) is 6.04 Å². The number of nitrogens with one attached hydrogen (secondary N) is 1. The van der Waals surface area contributed by atoms with Gasteiger partial charge in [0.05, 0.1) is 0 Å². The molecular weight excluding hydrogens is 334 g/mol. The number of carbonyl (C=O) groups excluding carboxylic acids is 1. The van der Waals surface area contributed by atoms with Crippen LogP contribution in [0.4, 0.5) is 5.69 Å². The third kappa shape index (κ3) is 6.19. The minimum Gasteiger partial charge on any atom is -0.326 e.